The van der Waals surface area contributed by atoms with Gasteiger partial charge in [0.05, 0.1) is 0 Å². The molecule has 2 nitrogen and oxygen atoms in total. The number of rotatable bonds is 1. The number of nitrogens with zero attached hydrogens (tertiary/aromatic N) is 1. The first-order chi connectivity index (χ1) is 10.6. The molecule has 1 aliphatic carbocycles. The molecule has 0 saturated carbocycles. The van der Waals surface area contributed by atoms with Crippen molar-refractivity contribution in [2.24, 2.45) is 0 Å². The third kappa shape index (κ3) is 2.06. The number of hydrogen-bond acceptors (Lipinski definition) is 2. The maximum absolute atomic E-state index is 12.6. The van der Waals surface area contributed by atoms with E-state index in [1.54, 1.807) is 12.4 Å². The first-order valence-corrected chi connectivity index (χ1v) is 8.32. The first kappa shape index (κ1) is 13.9. The van der Waals surface area contributed by atoms with Gasteiger partial charge in [-0.2, -0.15) is 0 Å². The van der Waals surface area contributed by atoms with Crippen LogP contribution in [0.25, 0.3) is 22.3 Å². The van der Waals surface area contributed by atoms with Crippen molar-refractivity contribution in [2.75, 3.05) is 0 Å². The van der Waals surface area contributed by atoms with E-state index in [1.165, 1.54) is 0 Å². The Bertz CT molecular complexity index is 920. The van der Waals surface area contributed by atoms with E-state index in [1.807, 2.05) is 36.4 Å². The minimum atomic E-state index is 0.0771. The number of benzene rings is 2. The normalized spacial score (nSPS) is 12.2. The lowest BCUT2D eigenvalue weighted by Crippen LogP contribution is -1.95. The molecular formula is C18H9Br2NO. The molecule has 1 heterocycles. The summed E-state index contributed by atoms with van der Waals surface area (Å²) < 4.78 is 1.83. The Labute approximate surface area is 144 Å². The number of hydrogen-bond donors (Lipinski definition) is 0. The molecule has 4 heteroatoms. The van der Waals surface area contributed by atoms with Gasteiger partial charge in [-0.05, 0) is 58.7 Å². The van der Waals surface area contributed by atoms with E-state index in [9.17, 15) is 4.79 Å². The van der Waals surface area contributed by atoms with Gasteiger partial charge in [0, 0.05) is 32.5 Å². The summed E-state index contributed by atoms with van der Waals surface area (Å²) in [5.74, 6) is 0.0771. The molecule has 0 aliphatic heterocycles. The van der Waals surface area contributed by atoms with Crippen molar-refractivity contribution in [3.8, 4) is 22.3 Å². The molecule has 106 valence electrons. The number of pyridine rings is 1. The third-order valence-electron chi connectivity index (χ3n) is 3.86. The second-order valence-electron chi connectivity index (χ2n) is 5.13. The minimum Gasteiger partial charge on any atom is -0.289 e. The molecule has 0 spiro atoms. The third-order valence-corrected chi connectivity index (χ3v) is 5.01. The molecule has 0 atom stereocenters. The van der Waals surface area contributed by atoms with Gasteiger partial charge in [0.1, 0.15) is 0 Å². The van der Waals surface area contributed by atoms with E-state index >= 15 is 0 Å². The summed E-state index contributed by atoms with van der Waals surface area (Å²) in [5, 5.41) is 0. The average molecular weight is 415 g/mol. The second kappa shape index (κ2) is 5.14. The Morgan fingerprint density at radius 2 is 1.45 bits per heavy atom. The SMILES string of the molecule is O=C1c2cc(Br)ccc2-c2cc(-c3ccncc3)c(Br)cc21. The number of fused-ring (bicyclic) bond motifs is 3. The fraction of sp³-hybridized carbons (Fsp3) is 0. The van der Waals surface area contributed by atoms with Crippen LogP contribution in [0.1, 0.15) is 15.9 Å². The number of carbonyl (C=O) groups excluding carboxylic acids is 1. The van der Waals surface area contributed by atoms with Gasteiger partial charge in [-0.3, -0.25) is 9.78 Å². The van der Waals surface area contributed by atoms with E-state index in [-0.39, 0.29) is 5.78 Å². The standard InChI is InChI=1S/C18H9Br2NO/c19-11-1-2-12-14-8-13(10-3-5-21-6-4-10)17(20)9-16(14)18(22)15(12)7-11/h1-9H. The number of ketones is 1. The molecule has 0 amide bonds. The number of halogens is 2. The lowest BCUT2D eigenvalue weighted by atomic mass is 9.99. The fourth-order valence-electron chi connectivity index (χ4n) is 2.82. The zero-order valence-corrected chi connectivity index (χ0v) is 14.5. The van der Waals surface area contributed by atoms with Gasteiger partial charge in [0.25, 0.3) is 0 Å². The summed E-state index contributed by atoms with van der Waals surface area (Å²) in [7, 11) is 0. The van der Waals surface area contributed by atoms with Crippen molar-refractivity contribution in [3.63, 3.8) is 0 Å². The average Bonchev–Trinajstić information content (AvgIpc) is 2.79. The van der Waals surface area contributed by atoms with Crippen LogP contribution in [0.5, 0.6) is 0 Å². The zero-order chi connectivity index (χ0) is 15.3. The van der Waals surface area contributed by atoms with Crippen molar-refractivity contribution in [1.29, 1.82) is 0 Å². The van der Waals surface area contributed by atoms with Crippen LogP contribution in [-0.2, 0) is 0 Å². The van der Waals surface area contributed by atoms with Crippen molar-refractivity contribution >= 4 is 37.6 Å². The molecule has 0 saturated heterocycles. The lowest BCUT2D eigenvalue weighted by Gasteiger charge is -2.08. The van der Waals surface area contributed by atoms with Crippen LogP contribution in [-0.4, -0.2) is 10.8 Å². The van der Waals surface area contributed by atoms with Crippen LogP contribution in [0.3, 0.4) is 0 Å². The van der Waals surface area contributed by atoms with Gasteiger partial charge < -0.3 is 0 Å². The molecule has 0 bridgehead atoms. The predicted molar refractivity (Wildman–Crippen MR) is 93.9 cm³/mol. The molecule has 3 aromatic rings. The smallest absolute Gasteiger partial charge is 0.194 e. The van der Waals surface area contributed by atoms with E-state index in [2.05, 4.69) is 42.9 Å². The Morgan fingerprint density at radius 1 is 0.727 bits per heavy atom. The largest absolute Gasteiger partial charge is 0.289 e. The fourth-order valence-corrected chi connectivity index (χ4v) is 3.75. The number of carbonyl (C=O) groups is 1. The molecule has 1 aliphatic rings. The lowest BCUT2D eigenvalue weighted by molar-refractivity contribution is 0.104. The van der Waals surface area contributed by atoms with Crippen molar-refractivity contribution in [1.82, 2.24) is 4.98 Å². The summed E-state index contributed by atoms with van der Waals surface area (Å²) >= 11 is 7.03. The summed E-state index contributed by atoms with van der Waals surface area (Å²) in [6.45, 7) is 0. The highest BCUT2D eigenvalue weighted by molar-refractivity contribution is 9.10. The Hall–Kier alpha value is -1.78. The molecule has 4 rings (SSSR count). The van der Waals surface area contributed by atoms with Crippen molar-refractivity contribution in [3.05, 3.63) is 74.9 Å². The van der Waals surface area contributed by atoms with Crippen LogP contribution in [0.2, 0.25) is 0 Å². The van der Waals surface area contributed by atoms with Crippen LogP contribution < -0.4 is 0 Å². The summed E-state index contributed by atoms with van der Waals surface area (Å²) in [6, 6.07) is 13.8. The molecule has 22 heavy (non-hydrogen) atoms. The minimum absolute atomic E-state index is 0.0771. The molecule has 0 radical (unpaired) electrons. The zero-order valence-electron chi connectivity index (χ0n) is 11.3. The molecule has 1 aromatic heterocycles. The summed E-state index contributed by atoms with van der Waals surface area (Å²) in [6.07, 6.45) is 3.54. The highest BCUT2D eigenvalue weighted by Crippen LogP contribution is 2.42. The van der Waals surface area contributed by atoms with Crippen molar-refractivity contribution < 1.29 is 4.79 Å². The Balaban J connectivity index is 1.98. The molecule has 0 fully saturated rings. The van der Waals surface area contributed by atoms with E-state index in [0.717, 1.165) is 42.3 Å². The second-order valence-corrected chi connectivity index (χ2v) is 6.90. The molecule has 0 unspecified atom stereocenters. The Morgan fingerprint density at radius 3 is 2.23 bits per heavy atom. The summed E-state index contributed by atoms with van der Waals surface area (Å²) in [5.41, 5.74) is 5.61. The highest BCUT2D eigenvalue weighted by Gasteiger charge is 2.28. The molecule has 0 N–H and O–H groups in total. The molecular weight excluding hydrogens is 406 g/mol. The summed E-state index contributed by atoms with van der Waals surface area (Å²) in [4.78, 5) is 16.6. The van der Waals surface area contributed by atoms with Gasteiger partial charge in [-0.1, -0.05) is 37.9 Å². The first-order valence-electron chi connectivity index (χ1n) is 6.74. The van der Waals surface area contributed by atoms with E-state index in [4.69, 9.17) is 0 Å². The van der Waals surface area contributed by atoms with Gasteiger partial charge in [-0.15, -0.1) is 0 Å². The quantitative estimate of drug-likeness (QED) is 0.412. The van der Waals surface area contributed by atoms with Gasteiger partial charge >= 0.3 is 0 Å². The topological polar surface area (TPSA) is 30.0 Å². The van der Waals surface area contributed by atoms with Gasteiger partial charge in [0.15, 0.2) is 5.78 Å². The highest BCUT2D eigenvalue weighted by atomic mass is 79.9. The van der Waals surface area contributed by atoms with Crippen LogP contribution in [0.15, 0.2) is 63.8 Å². The van der Waals surface area contributed by atoms with Crippen molar-refractivity contribution in [2.45, 2.75) is 0 Å². The van der Waals surface area contributed by atoms with Crippen LogP contribution >= 0.6 is 31.9 Å². The predicted octanol–water partition coefficient (Wildman–Crippen LogP) is 5.49. The van der Waals surface area contributed by atoms with E-state index in [0.29, 0.717) is 0 Å². The van der Waals surface area contributed by atoms with Crippen LogP contribution in [0.4, 0.5) is 0 Å². The monoisotopic (exact) mass is 413 g/mol. The molecule has 2 aromatic carbocycles. The van der Waals surface area contributed by atoms with Crippen LogP contribution in [0, 0.1) is 0 Å². The number of aromatic nitrogens is 1. The van der Waals surface area contributed by atoms with E-state index < -0.39 is 0 Å². The van der Waals surface area contributed by atoms with Gasteiger partial charge in [0.2, 0.25) is 0 Å². The maximum Gasteiger partial charge on any atom is 0.194 e. The maximum atomic E-state index is 12.6. The Kier molecular flexibility index (Phi) is 3.24. The van der Waals surface area contributed by atoms with Gasteiger partial charge in [-0.25, -0.2) is 0 Å².